The fraction of sp³-hybridized carbons (Fsp3) is 0.333. The maximum Gasteiger partial charge on any atom is 0.407 e. The number of benzene rings is 4. The van der Waals surface area contributed by atoms with Gasteiger partial charge in [0.2, 0.25) is 5.91 Å². The summed E-state index contributed by atoms with van der Waals surface area (Å²) in [6, 6.07) is 32.5. The van der Waals surface area contributed by atoms with E-state index in [0.717, 1.165) is 67.0 Å². The van der Waals surface area contributed by atoms with E-state index in [1.54, 1.807) is 0 Å². The third kappa shape index (κ3) is 8.53. The normalized spacial score (nSPS) is 17.8. The van der Waals surface area contributed by atoms with Gasteiger partial charge in [0.1, 0.15) is 24.5 Å². The van der Waals surface area contributed by atoms with Gasteiger partial charge in [-0.05, 0) is 60.1 Å². The number of fused-ring (bicyclic) bond motifs is 1. The van der Waals surface area contributed by atoms with Crippen molar-refractivity contribution in [2.24, 2.45) is 0 Å². The molecule has 1 saturated heterocycles. The molecule has 0 saturated carbocycles. The number of amides is 2. The largest absolute Gasteiger partial charge is 0.491 e. The number of morpholine rings is 1. The van der Waals surface area contributed by atoms with Crippen molar-refractivity contribution < 1.29 is 23.8 Å². The van der Waals surface area contributed by atoms with Crippen LogP contribution in [0.2, 0.25) is 0 Å². The molecule has 4 aromatic rings. The molecule has 9 nitrogen and oxygen atoms in total. The minimum absolute atomic E-state index is 0.00408. The predicted octanol–water partition coefficient (Wildman–Crippen LogP) is 5.91. The van der Waals surface area contributed by atoms with Crippen LogP contribution in [0.5, 0.6) is 5.75 Å². The summed E-state index contributed by atoms with van der Waals surface area (Å²) in [4.78, 5) is 26.6. The highest BCUT2D eigenvalue weighted by atomic mass is 16.5. The van der Waals surface area contributed by atoms with Crippen molar-refractivity contribution in [1.29, 1.82) is 0 Å². The van der Waals surface area contributed by atoms with E-state index in [4.69, 9.17) is 14.2 Å². The quantitative estimate of drug-likeness (QED) is 0.151. The first kappa shape index (κ1) is 33.1. The molecule has 2 aliphatic heterocycles. The second kappa shape index (κ2) is 16.3. The van der Waals surface area contributed by atoms with E-state index in [-0.39, 0.29) is 18.1 Å². The van der Waals surface area contributed by atoms with Crippen molar-refractivity contribution in [3.8, 4) is 5.75 Å². The molecule has 2 aliphatic rings. The third-order valence-electron chi connectivity index (χ3n) is 8.99. The molecule has 2 heterocycles. The number of nitrogens with one attached hydrogen (secondary N) is 4. The summed E-state index contributed by atoms with van der Waals surface area (Å²) < 4.78 is 17.5. The van der Waals surface area contributed by atoms with E-state index < -0.39 is 18.1 Å². The van der Waals surface area contributed by atoms with E-state index in [1.165, 1.54) is 12.7 Å². The van der Waals surface area contributed by atoms with Crippen LogP contribution in [0.1, 0.15) is 41.0 Å². The van der Waals surface area contributed by atoms with Crippen molar-refractivity contribution in [2.45, 2.75) is 49.9 Å². The van der Waals surface area contributed by atoms with Gasteiger partial charge in [-0.1, -0.05) is 84.9 Å². The van der Waals surface area contributed by atoms with Crippen LogP contribution in [0.15, 0.2) is 103 Å². The fourth-order valence-electron chi connectivity index (χ4n) is 6.53. The molecule has 0 radical (unpaired) electrons. The average Bonchev–Trinajstić information content (AvgIpc) is 3.14. The topological polar surface area (TPSA) is 110 Å². The van der Waals surface area contributed by atoms with Crippen LogP contribution < -0.4 is 26.0 Å². The second-order valence-corrected chi connectivity index (χ2v) is 12.3. The maximum absolute atomic E-state index is 14.1. The van der Waals surface area contributed by atoms with E-state index in [0.29, 0.717) is 18.7 Å². The van der Waals surface area contributed by atoms with Crippen LogP contribution in [-0.4, -0.2) is 63.6 Å². The van der Waals surface area contributed by atoms with Crippen LogP contribution in [0.3, 0.4) is 0 Å². The monoisotopic (exact) mass is 648 g/mol. The lowest BCUT2D eigenvalue weighted by molar-refractivity contribution is -0.118. The Labute approximate surface area is 282 Å². The van der Waals surface area contributed by atoms with E-state index in [9.17, 15) is 9.59 Å². The standard InChI is InChI=1S/C39H44N4O5/c1-46-39(45)43-37(36(29-12-4-2-5-13-29)30-14-6-3-7-15-30)38(44)42-34-17-9-8-11-27(34)19-21-32-24-40-25-33(48-32)26-47-31-20-18-28-16-10-22-41-35(28)23-31/h2-9,11-15,17-18,20,23,32-33,36-37,40-41H,10,16,19,21-22,24-26H2,1H3,(H,42,44)(H,43,45)/t32-,33+,37+/m1/s1. The van der Waals surface area contributed by atoms with Gasteiger partial charge in [0, 0.05) is 43.0 Å². The number of rotatable bonds is 12. The number of aryl methyl sites for hydroxylation is 2. The lowest BCUT2D eigenvalue weighted by atomic mass is 9.84. The number of methoxy groups -OCH3 is 1. The zero-order valence-electron chi connectivity index (χ0n) is 27.3. The summed E-state index contributed by atoms with van der Waals surface area (Å²) in [7, 11) is 1.30. The Morgan fingerprint density at radius 1 is 0.896 bits per heavy atom. The molecular weight excluding hydrogens is 604 g/mol. The molecule has 250 valence electrons. The van der Waals surface area contributed by atoms with Gasteiger partial charge in [0.05, 0.1) is 13.2 Å². The van der Waals surface area contributed by atoms with E-state index in [1.807, 2.05) is 91.0 Å². The van der Waals surface area contributed by atoms with Crippen LogP contribution in [0.4, 0.5) is 16.2 Å². The minimum Gasteiger partial charge on any atom is -0.491 e. The number of hydrogen-bond donors (Lipinski definition) is 4. The summed E-state index contributed by atoms with van der Waals surface area (Å²) >= 11 is 0. The predicted molar refractivity (Wildman–Crippen MR) is 188 cm³/mol. The Kier molecular flexibility index (Phi) is 11.2. The van der Waals surface area contributed by atoms with Crippen LogP contribution >= 0.6 is 0 Å². The Morgan fingerprint density at radius 3 is 2.35 bits per heavy atom. The van der Waals surface area contributed by atoms with E-state index >= 15 is 0 Å². The third-order valence-corrected chi connectivity index (χ3v) is 8.99. The molecule has 0 bridgehead atoms. The molecule has 48 heavy (non-hydrogen) atoms. The van der Waals surface area contributed by atoms with Crippen molar-refractivity contribution in [3.05, 3.63) is 125 Å². The highest BCUT2D eigenvalue weighted by Crippen LogP contribution is 2.30. The Bertz CT molecular complexity index is 1610. The van der Waals surface area contributed by atoms with Gasteiger partial charge in [0.25, 0.3) is 0 Å². The summed E-state index contributed by atoms with van der Waals surface area (Å²) in [5.41, 5.74) is 5.98. The first-order valence-corrected chi connectivity index (χ1v) is 16.8. The summed E-state index contributed by atoms with van der Waals surface area (Å²) in [6.07, 6.45) is 2.96. The molecule has 4 N–H and O–H groups in total. The zero-order chi connectivity index (χ0) is 33.1. The van der Waals surface area contributed by atoms with Crippen molar-refractivity contribution in [3.63, 3.8) is 0 Å². The molecule has 6 rings (SSSR count). The van der Waals surface area contributed by atoms with Crippen LogP contribution in [-0.2, 0) is 27.1 Å². The molecule has 4 aromatic carbocycles. The first-order valence-electron chi connectivity index (χ1n) is 16.8. The number of carbonyl (C=O) groups is 2. The molecule has 0 aromatic heterocycles. The maximum atomic E-state index is 14.1. The van der Waals surface area contributed by atoms with Crippen molar-refractivity contribution >= 4 is 23.4 Å². The number of hydrogen-bond acceptors (Lipinski definition) is 7. The van der Waals surface area contributed by atoms with Gasteiger partial charge in [-0.15, -0.1) is 0 Å². The molecule has 0 aliphatic carbocycles. The van der Waals surface area contributed by atoms with Gasteiger partial charge in [-0.3, -0.25) is 4.79 Å². The lowest BCUT2D eigenvalue weighted by Gasteiger charge is -2.31. The molecular formula is C39H44N4O5. The van der Waals surface area contributed by atoms with Gasteiger partial charge >= 0.3 is 6.09 Å². The smallest absolute Gasteiger partial charge is 0.407 e. The first-order chi connectivity index (χ1) is 23.6. The highest BCUT2D eigenvalue weighted by Gasteiger charge is 2.33. The molecule has 1 fully saturated rings. The summed E-state index contributed by atoms with van der Waals surface area (Å²) in [6.45, 7) is 2.93. The van der Waals surface area contributed by atoms with Gasteiger partial charge in [-0.2, -0.15) is 0 Å². The van der Waals surface area contributed by atoms with Crippen molar-refractivity contribution in [1.82, 2.24) is 10.6 Å². The minimum atomic E-state index is -0.937. The van der Waals surface area contributed by atoms with E-state index in [2.05, 4.69) is 33.4 Å². The number of alkyl carbamates (subject to hydrolysis) is 1. The van der Waals surface area contributed by atoms with Gasteiger partial charge in [-0.25, -0.2) is 4.79 Å². The average molecular weight is 649 g/mol. The highest BCUT2D eigenvalue weighted by molar-refractivity contribution is 5.98. The van der Waals surface area contributed by atoms with Crippen LogP contribution in [0.25, 0.3) is 0 Å². The Balaban J connectivity index is 1.11. The molecule has 0 spiro atoms. The molecule has 9 heteroatoms. The number of ether oxygens (including phenoxy) is 3. The summed E-state index contributed by atoms with van der Waals surface area (Å²) in [5.74, 6) is 0.0631. The number of para-hydroxylation sites is 1. The molecule has 3 atom stereocenters. The summed E-state index contributed by atoms with van der Waals surface area (Å²) in [5, 5.41) is 12.9. The van der Waals surface area contributed by atoms with Crippen LogP contribution in [0, 0.1) is 0 Å². The number of anilines is 2. The van der Waals surface area contributed by atoms with Gasteiger partial charge < -0.3 is 35.5 Å². The number of carbonyl (C=O) groups excluding carboxylic acids is 2. The molecule has 2 amide bonds. The van der Waals surface area contributed by atoms with Gasteiger partial charge in [0.15, 0.2) is 0 Å². The fourth-order valence-corrected chi connectivity index (χ4v) is 6.53. The lowest BCUT2D eigenvalue weighted by Crippen LogP contribution is -2.48. The SMILES string of the molecule is COC(=O)N[C@H](C(=O)Nc1ccccc1CC[C@@H]1CNC[C@@H](COc2ccc3c(c2)NCCC3)O1)C(c1ccccc1)c1ccccc1. The zero-order valence-corrected chi connectivity index (χ0v) is 27.3. The Morgan fingerprint density at radius 2 is 1.60 bits per heavy atom. The Hall–Kier alpha value is -4.86. The van der Waals surface area contributed by atoms with Crippen molar-refractivity contribution in [2.75, 3.05) is 44.0 Å². The second-order valence-electron chi connectivity index (χ2n) is 12.3. The molecule has 0 unspecified atom stereocenters.